The van der Waals surface area contributed by atoms with Crippen LogP contribution in [0, 0.1) is 0 Å². The zero-order valence-corrected chi connectivity index (χ0v) is 17.3. The van der Waals surface area contributed by atoms with Crippen molar-refractivity contribution in [2.75, 3.05) is 11.9 Å². The van der Waals surface area contributed by atoms with E-state index in [-0.39, 0.29) is 11.3 Å². The van der Waals surface area contributed by atoms with Gasteiger partial charge in [-0.3, -0.25) is 4.79 Å². The van der Waals surface area contributed by atoms with Crippen LogP contribution in [0.3, 0.4) is 0 Å². The second kappa shape index (κ2) is 8.28. The summed E-state index contributed by atoms with van der Waals surface area (Å²) < 4.78 is 6.69. The van der Waals surface area contributed by atoms with Crippen LogP contribution in [0.15, 0.2) is 42.5 Å². The highest BCUT2D eigenvalue weighted by Gasteiger charge is 2.15. The van der Waals surface area contributed by atoms with Gasteiger partial charge in [-0.25, -0.2) is 4.98 Å². The highest BCUT2D eigenvalue weighted by atomic mass is 35.5. The molecule has 1 amide bonds. The molecule has 3 rings (SSSR count). The molecule has 1 aromatic heterocycles. The maximum atomic E-state index is 12.2. The summed E-state index contributed by atoms with van der Waals surface area (Å²) in [5, 5.41) is 4.20. The van der Waals surface area contributed by atoms with Gasteiger partial charge in [0.25, 0.3) is 0 Å². The number of amides is 1. The molecule has 0 fully saturated rings. The molecule has 0 aliphatic rings. The number of hydrogen-bond acceptors (Lipinski definition) is 4. The molecule has 27 heavy (non-hydrogen) atoms. The molecule has 0 unspecified atom stereocenters. The first-order valence-corrected chi connectivity index (χ1v) is 10.1. The molecule has 0 aliphatic heterocycles. The number of ether oxygens (including phenoxy) is 1. The molecule has 0 saturated heterocycles. The third-order valence-electron chi connectivity index (χ3n) is 4.13. The molecule has 2 aromatic carbocycles. The Balaban J connectivity index is 1.50. The van der Waals surface area contributed by atoms with E-state index in [2.05, 4.69) is 43.2 Å². The SMILES string of the molecule is CC(C)(C)c1ccc2nc(NC(=O)CCCOc3ccc(Cl)cc3)sc2c1. The van der Waals surface area contributed by atoms with Gasteiger partial charge in [0.1, 0.15) is 5.75 Å². The normalized spacial score (nSPS) is 11.6. The standard InChI is InChI=1S/C21H23ClN2O2S/c1-21(2,3)14-6-11-17-18(13-14)27-20(23-17)24-19(25)5-4-12-26-16-9-7-15(22)8-10-16/h6-11,13H,4-5,12H2,1-3H3,(H,23,24,25). The Labute approximate surface area is 168 Å². The Morgan fingerprint density at radius 2 is 1.93 bits per heavy atom. The molecule has 0 atom stereocenters. The molecular weight excluding hydrogens is 380 g/mol. The molecule has 0 saturated carbocycles. The summed E-state index contributed by atoms with van der Waals surface area (Å²) in [5.74, 6) is 0.699. The fourth-order valence-corrected chi connectivity index (χ4v) is 3.63. The van der Waals surface area contributed by atoms with Crippen molar-refractivity contribution in [2.24, 2.45) is 0 Å². The Hall–Kier alpha value is -2.11. The van der Waals surface area contributed by atoms with Gasteiger partial charge in [0.15, 0.2) is 5.13 Å². The van der Waals surface area contributed by atoms with Gasteiger partial charge in [-0.2, -0.15) is 0 Å². The largest absolute Gasteiger partial charge is 0.494 e. The number of aromatic nitrogens is 1. The predicted octanol–water partition coefficient (Wildman–Crippen LogP) is 6.04. The Morgan fingerprint density at radius 3 is 2.63 bits per heavy atom. The maximum Gasteiger partial charge on any atom is 0.226 e. The highest BCUT2D eigenvalue weighted by Crippen LogP contribution is 2.31. The monoisotopic (exact) mass is 402 g/mol. The number of halogens is 1. The van der Waals surface area contributed by atoms with Crippen molar-refractivity contribution < 1.29 is 9.53 Å². The number of carbonyl (C=O) groups is 1. The zero-order chi connectivity index (χ0) is 19.4. The summed E-state index contributed by atoms with van der Waals surface area (Å²) in [5.41, 5.74) is 2.26. The van der Waals surface area contributed by atoms with Crippen LogP contribution in [-0.4, -0.2) is 17.5 Å². The van der Waals surface area contributed by atoms with E-state index < -0.39 is 0 Å². The fraction of sp³-hybridized carbons (Fsp3) is 0.333. The highest BCUT2D eigenvalue weighted by molar-refractivity contribution is 7.22. The predicted molar refractivity (Wildman–Crippen MR) is 113 cm³/mol. The third kappa shape index (κ3) is 5.44. The Morgan fingerprint density at radius 1 is 1.19 bits per heavy atom. The second-order valence-electron chi connectivity index (χ2n) is 7.41. The lowest BCUT2D eigenvalue weighted by molar-refractivity contribution is -0.116. The van der Waals surface area contributed by atoms with E-state index in [0.717, 1.165) is 16.0 Å². The topological polar surface area (TPSA) is 51.2 Å². The van der Waals surface area contributed by atoms with E-state index in [4.69, 9.17) is 16.3 Å². The van der Waals surface area contributed by atoms with E-state index in [0.29, 0.717) is 29.6 Å². The molecular formula is C21H23ClN2O2S. The molecule has 3 aromatic rings. The van der Waals surface area contributed by atoms with Crippen LogP contribution in [0.5, 0.6) is 5.75 Å². The van der Waals surface area contributed by atoms with Gasteiger partial charge in [0.2, 0.25) is 5.91 Å². The van der Waals surface area contributed by atoms with Crippen molar-refractivity contribution in [3.8, 4) is 5.75 Å². The van der Waals surface area contributed by atoms with E-state index in [9.17, 15) is 4.79 Å². The molecule has 1 heterocycles. The van der Waals surface area contributed by atoms with Crippen LogP contribution >= 0.6 is 22.9 Å². The van der Waals surface area contributed by atoms with E-state index in [1.807, 2.05) is 18.2 Å². The maximum absolute atomic E-state index is 12.2. The first-order valence-electron chi connectivity index (χ1n) is 8.90. The number of benzene rings is 2. The minimum atomic E-state index is -0.0511. The van der Waals surface area contributed by atoms with Gasteiger partial charge >= 0.3 is 0 Å². The lowest BCUT2D eigenvalue weighted by Gasteiger charge is -2.18. The minimum Gasteiger partial charge on any atom is -0.494 e. The van der Waals surface area contributed by atoms with Crippen LogP contribution in [0.2, 0.25) is 5.02 Å². The van der Waals surface area contributed by atoms with Gasteiger partial charge in [-0.1, -0.05) is 49.8 Å². The van der Waals surface area contributed by atoms with E-state index in [1.54, 1.807) is 12.1 Å². The van der Waals surface area contributed by atoms with Crippen molar-refractivity contribution in [1.82, 2.24) is 4.98 Å². The molecule has 0 radical (unpaired) electrons. The average Bonchev–Trinajstić information content (AvgIpc) is 3.00. The molecule has 0 aliphatic carbocycles. The summed E-state index contributed by atoms with van der Waals surface area (Å²) in [6.07, 6.45) is 1.02. The second-order valence-corrected chi connectivity index (χ2v) is 8.87. The van der Waals surface area contributed by atoms with Gasteiger partial charge < -0.3 is 10.1 Å². The summed E-state index contributed by atoms with van der Waals surface area (Å²) in [7, 11) is 0. The van der Waals surface area contributed by atoms with Gasteiger partial charge in [0.05, 0.1) is 16.8 Å². The number of anilines is 1. The van der Waals surface area contributed by atoms with Crippen molar-refractivity contribution in [2.45, 2.75) is 39.0 Å². The van der Waals surface area contributed by atoms with Crippen molar-refractivity contribution in [3.63, 3.8) is 0 Å². The number of carbonyl (C=O) groups excluding carboxylic acids is 1. The first kappa shape index (κ1) is 19.6. The zero-order valence-electron chi connectivity index (χ0n) is 15.7. The molecule has 0 bridgehead atoms. The average molecular weight is 403 g/mol. The van der Waals surface area contributed by atoms with E-state index >= 15 is 0 Å². The van der Waals surface area contributed by atoms with Crippen molar-refractivity contribution in [1.29, 1.82) is 0 Å². The molecule has 1 N–H and O–H groups in total. The molecule has 142 valence electrons. The van der Waals surface area contributed by atoms with Gasteiger partial charge in [-0.05, 0) is 53.8 Å². The third-order valence-corrected chi connectivity index (χ3v) is 5.32. The number of hydrogen-bond donors (Lipinski definition) is 1. The van der Waals surface area contributed by atoms with Crippen molar-refractivity contribution in [3.05, 3.63) is 53.1 Å². The lowest BCUT2D eigenvalue weighted by Crippen LogP contribution is -2.12. The number of fused-ring (bicyclic) bond motifs is 1. The van der Waals surface area contributed by atoms with Crippen LogP contribution in [-0.2, 0) is 10.2 Å². The number of nitrogens with zero attached hydrogens (tertiary/aromatic N) is 1. The summed E-state index contributed by atoms with van der Waals surface area (Å²) in [6.45, 7) is 7.03. The number of rotatable bonds is 6. The smallest absolute Gasteiger partial charge is 0.226 e. The number of thiazole rings is 1. The van der Waals surface area contributed by atoms with Crippen LogP contribution in [0.4, 0.5) is 5.13 Å². The van der Waals surface area contributed by atoms with Crippen LogP contribution in [0.25, 0.3) is 10.2 Å². The minimum absolute atomic E-state index is 0.0511. The lowest BCUT2D eigenvalue weighted by atomic mass is 9.87. The van der Waals surface area contributed by atoms with Crippen molar-refractivity contribution >= 4 is 44.2 Å². The molecule has 4 nitrogen and oxygen atoms in total. The fourth-order valence-electron chi connectivity index (χ4n) is 2.58. The van der Waals surface area contributed by atoms with E-state index in [1.165, 1.54) is 16.9 Å². The summed E-state index contributed by atoms with van der Waals surface area (Å²) >= 11 is 7.34. The Bertz CT molecular complexity index is 929. The van der Waals surface area contributed by atoms with Crippen LogP contribution < -0.4 is 10.1 Å². The van der Waals surface area contributed by atoms with Gasteiger partial charge in [-0.15, -0.1) is 0 Å². The Kier molecular flexibility index (Phi) is 6.02. The quantitative estimate of drug-likeness (QED) is 0.511. The van der Waals surface area contributed by atoms with Crippen LogP contribution in [0.1, 0.15) is 39.2 Å². The summed E-state index contributed by atoms with van der Waals surface area (Å²) in [4.78, 5) is 16.7. The number of nitrogens with one attached hydrogen (secondary N) is 1. The first-order chi connectivity index (χ1) is 12.8. The molecule has 6 heteroatoms. The molecule has 0 spiro atoms. The van der Waals surface area contributed by atoms with Gasteiger partial charge in [0, 0.05) is 11.4 Å². The summed E-state index contributed by atoms with van der Waals surface area (Å²) in [6, 6.07) is 13.5.